The molecule has 2 nitrogen and oxygen atoms in total. The van der Waals surface area contributed by atoms with Gasteiger partial charge in [-0.05, 0) is 12.5 Å². The van der Waals surface area contributed by atoms with Gasteiger partial charge >= 0.3 is 0 Å². The van der Waals surface area contributed by atoms with Crippen LogP contribution in [0.15, 0.2) is 18.4 Å². The number of hydrogen-bond donors (Lipinski definition) is 0. The lowest BCUT2D eigenvalue weighted by Crippen LogP contribution is -2.24. The summed E-state index contributed by atoms with van der Waals surface area (Å²) in [4.78, 5) is 12.3. The Bertz CT molecular complexity index is 157. The first-order valence-corrected chi connectivity index (χ1v) is 3.24. The summed E-state index contributed by atoms with van der Waals surface area (Å²) in [6, 6.07) is 0. The highest BCUT2D eigenvalue weighted by atomic mass is 16.2. The molecule has 0 aliphatic rings. The summed E-state index contributed by atoms with van der Waals surface area (Å²) in [6.07, 6.45) is 2.65. The quantitative estimate of drug-likeness (QED) is 0.538. The van der Waals surface area contributed by atoms with Crippen molar-refractivity contribution in [2.24, 2.45) is 0 Å². The number of amides is 1. The van der Waals surface area contributed by atoms with Crippen molar-refractivity contribution in [3.63, 3.8) is 0 Å². The molecule has 0 heterocycles. The van der Waals surface area contributed by atoms with Crippen molar-refractivity contribution in [3.05, 3.63) is 18.4 Å². The third kappa shape index (κ3) is 3.93. The second kappa shape index (κ2) is 4.83. The summed E-state index contributed by atoms with van der Waals surface area (Å²) in [7, 11) is 1.78. The van der Waals surface area contributed by atoms with Gasteiger partial charge in [0, 0.05) is 20.5 Å². The molecule has 0 unspecified atom stereocenters. The smallest absolute Gasteiger partial charge is 0.219 e. The number of carbonyl (C=O) groups is 1. The molecule has 2 heteroatoms. The van der Waals surface area contributed by atoms with Crippen LogP contribution in [0.2, 0.25) is 0 Å². The number of nitrogens with zero attached hydrogens (tertiary/aromatic N) is 1. The highest BCUT2D eigenvalue weighted by Crippen LogP contribution is 1.87. The Balaban J connectivity index is 3.48. The molecule has 0 N–H and O–H groups in total. The molecular formula is C8H13NO. The SMILES string of the molecule is C=C=CCCN(C)C(C)=O. The van der Waals surface area contributed by atoms with Gasteiger partial charge in [-0.2, -0.15) is 0 Å². The van der Waals surface area contributed by atoms with Crippen molar-refractivity contribution in [3.8, 4) is 0 Å². The van der Waals surface area contributed by atoms with Crippen LogP contribution >= 0.6 is 0 Å². The zero-order valence-corrected chi connectivity index (χ0v) is 6.55. The molecule has 0 saturated heterocycles. The Hall–Kier alpha value is -1.01. The van der Waals surface area contributed by atoms with Crippen LogP contribution in [0.4, 0.5) is 0 Å². The van der Waals surface area contributed by atoms with E-state index < -0.39 is 0 Å². The molecule has 0 aromatic heterocycles. The molecule has 56 valence electrons. The third-order valence-corrected chi connectivity index (χ3v) is 1.29. The maximum Gasteiger partial charge on any atom is 0.219 e. The second-order valence-electron chi connectivity index (χ2n) is 2.14. The molecule has 0 aromatic carbocycles. The maximum absolute atomic E-state index is 10.6. The van der Waals surface area contributed by atoms with E-state index in [1.807, 2.05) is 6.08 Å². The summed E-state index contributed by atoms with van der Waals surface area (Å²) in [5.74, 6) is 0.0949. The normalized spacial score (nSPS) is 8.20. The van der Waals surface area contributed by atoms with Crippen LogP contribution < -0.4 is 0 Å². The maximum atomic E-state index is 10.6. The van der Waals surface area contributed by atoms with E-state index >= 15 is 0 Å². The van der Waals surface area contributed by atoms with Crippen molar-refractivity contribution < 1.29 is 4.79 Å². The number of carbonyl (C=O) groups excluding carboxylic acids is 1. The third-order valence-electron chi connectivity index (χ3n) is 1.29. The van der Waals surface area contributed by atoms with E-state index in [4.69, 9.17) is 0 Å². The molecule has 0 fully saturated rings. The zero-order valence-electron chi connectivity index (χ0n) is 6.55. The van der Waals surface area contributed by atoms with Crippen molar-refractivity contribution >= 4 is 5.91 Å². The fourth-order valence-corrected chi connectivity index (χ4v) is 0.518. The predicted molar refractivity (Wildman–Crippen MR) is 41.6 cm³/mol. The van der Waals surface area contributed by atoms with E-state index in [2.05, 4.69) is 12.3 Å². The van der Waals surface area contributed by atoms with Crippen molar-refractivity contribution in [2.45, 2.75) is 13.3 Å². The summed E-state index contributed by atoms with van der Waals surface area (Å²) in [6.45, 7) is 5.72. The Morgan fingerprint density at radius 1 is 1.80 bits per heavy atom. The molecular weight excluding hydrogens is 126 g/mol. The molecule has 0 rings (SSSR count). The van der Waals surface area contributed by atoms with Crippen LogP contribution in [-0.4, -0.2) is 24.4 Å². The Morgan fingerprint density at radius 3 is 2.80 bits per heavy atom. The summed E-state index contributed by atoms with van der Waals surface area (Å²) >= 11 is 0. The van der Waals surface area contributed by atoms with E-state index in [1.54, 1.807) is 18.9 Å². The highest BCUT2D eigenvalue weighted by Gasteiger charge is 1.97. The van der Waals surface area contributed by atoms with Gasteiger partial charge in [-0.15, -0.1) is 5.73 Å². The van der Waals surface area contributed by atoms with Crippen molar-refractivity contribution in [2.75, 3.05) is 13.6 Å². The van der Waals surface area contributed by atoms with Gasteiger partial charge in [0.25, 0.3) is 0 Å². The first kappa shape index (κ1) is 8.99. The lowest BCUT2D eigenvalue weighted by molar-refractivity contribution is -0.127. The predicted octanol–water partition coefficient (Wildman–Crippen LogP) is 1.20. The average Bonchev–Trinajstić information content (AvgIpc) is 1.88. The van der Waals surface area contributed by atoms with Crippen molar-refractivity contribution in [1.82, 2.24) is 4.90 Å². The van der Waals surface area contributed by atoms with Gasteiger partial charge in [0.2, 0.25) is 5.91 Å². The van der Waals surface area contributed by atoms with Gasteiger partial charge in [-0.1, -0.05) is 6.58 Å². The molecule has 0 aliphatic carbocycles. The molecule has 0 aromatic rings. The lowest BCUT2D eigenvalue weighted by atomic mass is 10.4. The van der Waals surface area contributed by atoms with Gasteiger partial charge in [0.15, 0.2) is 0 Å². The zero-order chi connectivity index (χ0) is 7.98. The monoisotopic (exact) mass is 139 g/mol. The van der Waals surface area contributed by atoms with Crippen LogP contribution in [0.3, 0.4) is 0 Å². The van der Waals surface area contributed by atoms with Gasteiger partial charge in [-0.25, -0.2) is 0 Å². The van der Waals surface area contributed by atoms with E-state index in [0.717, 1.165) is 13.0 Å². The van der Waals surface area contributed by atoms with E-state index in [9.17, 15) is 4.79 Å². The molecule has 0 aliphatic heterocycles. The minimum absolute atomic E-state index is 0.0949. The Labute approximate surface area is 61.8 Å². The average molecular weight is 139 g/mol. The summed E-state index contributed by atoms with van der Waals surface area (Å²) in [5.41, 5.74) is 2.65. The second-order valence-corrected chi connectivity index (χ2v) is 2.14. The largest absolute Gasteiger partial charge is 0.346 e. The minimum atomic E-state index is 0.0949. The summed E-state index contributed by atoms with van der Waals surface area (Å²) in [5, 5.41) is 0. The fraction of sp³-hybridized carbons (Fsp3) is 0.500. The van der Waals surface area contributed by atoms with E-state index in [0.29, 0.717) is 0 Å². The minimum Gasteiger partial charge on any atom is -0.346 e. The first-order chi connectivity index (χ1) is 4.68. The molecule has 0 spiro atoms. The molecule has 0 saturated carbocycles. The molecule has 10 heavy (non-hydrogen) atoms. The topological polar surface area (TPSA) is 20.3 Å². The highest BCUT2D eigenvalue weighted by molar-refractivity contribution is 5.72. The molecule has 0 atom stereocenters. The number of rotatable bonds is 3. The van der Waals surface area contributed by atoms with Gasteiger partial charge in [0.05, 0.1) is 0 Å². The van der Waals surface area contributed by atoms with Crippen LogP contribution in [0.1, 0.15) is 13.3 Å². The van der Waals surface area contributed by atoms with Crippen LogP contribution in [0.25, 0.3) is 0 Å². The summed E-state index contributed by atoms with van der Waals surface area (Å²) < 4.78 is 0. The molecule has 1 amide bonds. The van der Waals surface area contributed by atoms with Crippen LogP contribution in [-0.2, 0) is 4.79 Å². The number of hydrogen-bond acceptors (Lipinski definition) is 1. The molecule has 0 radical (unpaired) electrons. The van der Waals surface area contributed by atoms with Gasteiger partial charge in [0.1, 0.15) is 0 Å². The Morgan fingerprint density at radius 2 is 2.40 bits per heavy atom. The lowest BCUT2D eigenvalue weighted by Gasteiger charge is -2.11. The standard InChI is InChI=1S/C8H13NO/c1-4-5-6-7-9(3)8(2)10/h5H,1,6-7H2,2-3H3. The first-order valence-electron chi connectivity index (χ1n) is 3.24. The fourth-order valence-electron chi connectivity index (χ4n) is 0.518. The Kier molecular flexibility index (Phi) is 4.34. The van der Waals surface area contributed by atoms with Crippen molar-refractivity contribution in [1.29, 1.82) is 0 Å². The van der Waals surface area contributed by atoms with Gasteiger partial charge in [-0.3, -0.25) is 4.79 Å². The van der Waals surface area contributed by atoms with E-state index in [-0.39, 0.29) is 5.91 Å². The van der Waals surface area contributed by atoms with Crippen LogP contribution in [0.5, 0.6) is 0 Å². The van der Waals surface area contributed by atoms with E-state index in [1.165, 1.54) is 0 Å². The van der Waals surface area contributed by atoms with Crippen LogP contribution in [0, 0.1) is 0 Å². The molecule has 0 bridgehead atoms. The van der Waals surface area contributed by atoms with Gasteiger partial charge < -0.3 is 4.90 Å².